The van der Waals surface area contributed by atoms with Crippen LogP contribution in [0.3, 0.4) is 0 Å². The average Bonchev–Trinajstić information content (AvgIpc) is 2.58. The molecule has 1 aromatic heterocycles. The molecule has 0 saturated carbocycles. The fraction of sp³-hybridized carbons (Fsp3) is 0.385. The lowest BCUT2D eigenvalue weighted by atomic mass is 9.98. The highest BCUT2D eigenvalue weighted by molar-refractivity contribution is 5.84. The molecule has 0 aliphatic heterocycles. The number of aliphatic hydroxyl groups excluding tert-OH is 1. The van der Waals surface area contributed by atoms with E-state index >= 15 is 0 Å². The Kier molecular flexibility index (Phi) is 2.78. The monoisotopic (exact) mass is 203 g/mol. The molecular weight excluding hydrogens is 186 g/mol. The molecule has 0 spiro atoms. The van der Waals surface area contributed by atoms with E-state index < -0.39 is 0 Å². The first-order valence-corrected chi connectivity index (χ1v) is 5.39. The van der Waals surface area contributed by atoms with E-state index in [-0.39, 0.29) is 6.61 Å². The van der Waals surface area contributed by atoms with Gasteiger partial charge in [-0.15, -0.1) is 0 Å². The number of nitrogens with zero attached hydrogens (tertiary/aromatic N) is 1. The van der Waals surface area contributed by atoms with Crippen molar-refractivity contribution in [3.8, 4) is 0 Å². The van der Waals surface area contributed by atoms with Gasteiger partial charge in [-0.1, -0.05) is 25.1 Å². The number of fused-ring (bicyclic) bond motifs is 1. The molecule has 0 saturated heterocycles. The van der Waals surface area contributed by atoms with Crippen molar-refractivity contribution in [2.45, 2.75) is 19.3 Å². The summed E-state index contributed by atoms with van der Waals surface area (Å²) in [7, 11) is 2.07. The molecule has 0 bridgehead atoms. The highest BCUT2D eigenvalue weighted by atomic mass is 16.3. The van der Waals surface area contributed by atoms with E-state index in [9.17, 15) is 0 Å². The van der Waals surface area contributed by atoms with E-state index in [0.29, 0.717) is 5.92 Å². The minimum atomic E-state index is 0.254. The van der Waals surface area contributed by atoms with Crippen LogP contribution in [-0.4, -0.2) is 16.3 Å². The number of hydrogen-bond acceptors (Lipinski definition) is 1. The number of rotatable bonds is 3. The van der Waals surface area contributed by atoms with Crippen molar-refractivity contribution >= 4 is 10.9 Å². The average molecular weight is 203 g/mol. The van der Waals surface area contributed by atoms with Gasteiger partial charge in [0.25, 0.3) is 0 Å². The Hall–Kier alpha value is -1.28. The van der Waals surface area contributed by atoms with Crippen molar-refractivity contribution in [2.75, 3.05) is 6.61 Å². The maximum atomic E-state index is 8.97. The van der Waals surface area contributed by atoms with Crippen LogP contribution in [0.5, 0.6) is 0 Å². The van der Waals surface area contributed by atoms with Gasteiger partial charge in [-0.2, -0.15) is 0 Å². The van der Waals surface area contributed by atoms with Gasteiger partial charge < -0.3 is 9.67 Å². The van der Waals surface area contributed by atoms with Crippen molar-refractivity contribution in [3.63, 3.8) is 0 Å². The second-order valence-electron chi connectivity index (χ2n) is 4.13. The molecule has 15 heavy (non-hydrogen) atoms. The van der Waals surface area contributed by atoms with Gasteiger partial charge in [-0.25, -0.2) is 0 Å². The minimum Gasteiger partial charge on any atom is -0.396 e. The maximum Gasteiger partial charge on any atom is 0.0480 e. The minimum absolute atomic E-state index is 0.254. The van der Waals surface area contributed by atoms with E-state index in [1.54, 1.807) is 0 Å². The molecule has 1 aromatic carbocycles. The Morgan fingerprint density at radius 3 is 2.80 bits per heavy atom. The van der Waals surface area contributed by atoms with Crippen LogP contribution in [0.1, 0.15) is 24.8 Å². The third-order valence-corrected chi connectivity index (χ3v) is 3.02. The van der Waals surface area contributed by atoms with Gasteiger partial charge in [0.2, 0.25) is 0 Å². The zero-order valence-electron chi connectivity index (χ0n) is 9.27. The van der Waals surface area contributed by atoms with Crippen LogP contribution in [0, 0.1) is 0 Å². The number of benzene rings is 1. The van der Waals surface area contributed by atoms with E-state index in [4.69, 9.17) is 5.11 Å². The van der Waals surface area contributed by atoms with Gasteiger partial charge in [0.05, 0.1) is 0 Å². The van der Waals surface area contributed by atoms with Crippen LogP contribution in [0.4, 0.5) is 0 Å². The third-order valence-electron chi connectivity index (χ3n) is 3.02. The van der Waals surface area contributed by atoms with Gasteiger partial charge in [-0.3, -0.25) is 0 Å². The number of aryl methyl sites for hydroxylation is 1. The first-order valence-electron chi connectivity index (χ1n) is 5.39. The molecule has 0 amide bonds. The summed E-state index contributed by atoms with van der Waals surface area (Å²) in [5.41, 5.74) is 2.60. The van der Waals surface area contributed by atoms with Crippen LogP contribution >= 0.6 is 0 Å². The van der Waals surface area contributed by atoms with Crippen LogP contribution < -0.4 is 0 Å². The highest BCUT2D eigenvalue weighted by Crippen LogP contribution is 2.28. The van der Waals surface area contributed by atoms with Gasteiger partial charge in [-0.05, 0) is 24.0 Å². The first-order chi connectivity index (χ1) is 7.24. The quantitative estimate of drug-likeness (QED) is 0.815. The predicted molar refractivity (Wildman–Crippen MR) is 63.0 cm³/mol. The molecule has 1 atom stereocenters. The van der Waals surface area contributed by atoms with E-state index in [1.165, 1.54) is 16.5 Å². The molecule has 1 heterocycles. The normalized spacial score (nSPS) is 13.3. The Morgan fingerprint density at radius 1 is 1.33 bits per heavy atom. The predicted octanol–water partition coefficient (Wildman–Crippen LogP) is 2.66. The fourth-order valence-electron chi connectivity index (χ4n) is 2.11. The van der Waals surface area contributed by atoms with Crippen molar-refractivity contribution < 1.29 is 5.11 Å². The smallest absolute Gasteiger partial charge is 0.0480 e. The molecule has 80 valence electrons. The summed E-state index contributed by atoms with van der Waals surface area (Å²) in [4.78, 5) is 0. The zero-order valence-corrected chi connectivity index (χ0v) is 9.27. The summed E-state index contributed by atoms with van der Waals surface area (Å²) >= 11 is 0. The van der Waals surface area contributed by atoms with Gasteiger partial charge in [0.1, 0.15) is 0 Å². The van der Waals surface area contributed by atoms with Crippen LogP contribution in [0.2, 0.25) is 0 Å². The van der Waals surface area contributed by atoms with Crippen molar-refractivity contribution in [3.05, 3.63) is 36.0 Å². The number of hydrogen-bond donors (Lipinski definition) is 1. The van der Waals surface area contributed by atoms with Crippen molar-refractivity contribution in [1.82, 2.24) is 4.57 Å². The summed E-state index contributed by atoms with van der Waals surface area (Å²) in [6, 6.07) is 8.41. The molecule has 1 unspecified atom stereocenters. The van der Waals surface area contributed by atoms with Crippen LogP contribution in [0.25, 0.3) is 10.9 Å². The van der Waals surface area contributed by atoms with Gasteiger partial charge in [0.15, 0.2) is 0 Å². The molecule has 1 N–H and O–H groups in total. The summed E-state index contributed by atoms with van der Waals surface area (Å²) in [5, 5.41) is 10.3. The summed E-state index contributed by atoms with van der Waals surface area (Å²) in [6.45, 7) is 2.42. The molecule has 2 rings (SSSR count). The van der Waals surface area contributed by atoms with Crippen LogP contribution in [-0.2, 0) is 7.05 Å². The summed E-state index contributed by atoms with van der Waals surface area (Å²) in [5.74, 6) is 0.418. The van der Waals surface area contributed by atoms with Gasteiger partial charge in [0, 0.05) is 30.8 Å². The van der Waals surface area contributed by atoms with Crippen molar-refractivity contribution in [2.24, 2.45) is 7.05 Å². The van der Waals surface area contributed by atoms with Gasteiger partial charge >= 0.3 is 0 Å². The lowest BCUT2D eigenvalue weighted by Crippen LogP contribution is -1.95. The Labute approximate surface area is 90.2 Å². The molecule has 0 aliphatic carbocycles. The summed E-state index contributed by atoms with van der Waals surface area (Å²) < 4.78 is 2.15. The molecule has 0 fully saturated rings. The highest BCUT2D eigenvalue weighted by Gasteiger charge is 2.11. The van der Waals surface area contributed by atoms with Crippen LogP contribution in [0.15, 0.2) is 30.5 Å². The lowest BCUT2D eigenvalue weighted by molar-refractivity contribution is 0.279. The maximum absolute atomic E-state index is 8.97. The molecule has 2 heteroatoms. The zero-order chi connectivity index (χ0) is 10.8. The second kappa shape index (κ2) is 4.07. The standard InChI is InChI=1S/C13H17NO/c1-10(7-8-15)12-9-14(2)13-6-4-3-5-11(12)13/h3-6,9-10,15H,7-8H2,1-2H3. The van der Waals surface area contributed by atoms with Crippen molar-refractivity contribution in [1.29, 1.82) is 0 Å². The molecule has 2 nitrogen and oxygen atoms in total. The molecule has 2 aromatic rings. The fourth-order valence-corrected chi connectivity index (χ4v) is 2.11. The Balaban J connectivity index is 2.52. The molecule has 0 aliphatic rings. The summed E-state index contributed by atoms with van der Waals surface area (Å²) in [6.07, 6.45) is 3.00. The second-order valence-corrected chi connectivity index (χ2v) is 4.13. The van der Waals surface area contributed by atoms with E-state index in [2.05, 4.69) is 49.0 Å². The molecule has 0 radical (unpaired) electrons. The van der Waals surface area contributed by atoms with E-state index in [1.807, 2.05) is 0 Å². The molecular formula is C13H17NO. The largest absolute Gasteiger partial charge is 0.396 e. The Bertz CT molecular complexity index is 459. The third kappa shape index (κ3) is 1.77. The Morgan fingerprint density at radius 2 is 2.07 bits per heavy atom. The van der Waals surface area contributed by atoms with E-state index in [0.717, 1.165) is 6.42 Å². The number of aliphatic hydroxyl groups is 1. The lowest BCUT2D eigenvalue weighted by Gasteiger charge is -2.07. The number of para-hydroxylation sites is 1. The number of aromatic nitrogens is 1. The SMILES string of the molecule is CC(CCO)c1cn(C)c2ccccc12. The first kappa shape index (κ1) is 10.2. The topological polar surface area (TPSA) is 25.2 Å².